The standard InChI is InChI=1S/C21H25ClN4O2/c22-18-5-3-17-14-26(11-8-16(17)13-18)10-1-2-12-28-19-6-4-15-7-9-23-21(27)25-20(15)24-19/h3-6,13H,1-2,7-12,14H2,(H2,23,24,25,27). The van der Waals surface area contributed by atoms with Crippen molar-refractivity contribution in [2.45, 2.75) is 32.2 Å². The molecule has 2 aromatic rings. The Bertz CT molecular complexity index is 858. The van der Waals surface area contributed by atoms with Gasteiger partial charge in [0.25, 0.3) is 0 Å². The van der Waals surface area contributed by atoms with Gasteiger partial charge in [-0.3, -0.25) is 10.2 Å². The lowest BCUT2D eigenvalue weighted by Gasteiger charge is -2.28. The van der Waals surface area contributed by atoms with Crippen LogP contribution in [-0.2, 0) is 19.4 Å². The van der Waals surface area contributed by atoms with Gasteiger partial charge in [-0.1, -0.05) is 17.7 Å². The summed E-state index contributed by atoms with van der Waals surface area (Å²) in [5.74, 6) is 1.16. The maximum atomic E-state index is 11.6. The number of carbonyl (C=O) groups is 1. The number of hydrogen-bond acceptors (Lipinski definition) is 4. The smallest absolute Gasteiger partial charge is 0.320 e. The van der Waals surface area contributed by atoms with E-state index in [-0.39, 0.29) is 6.03 Å². The number of rotatable bonds is 6. The highest BCUT2D eigenvalue weighted by atomic mass is 35.5. The van der Waals surface area contributed by atoms with Crippen molar-refractivity contribution in [1.29, 1.82) is 0 Å². The van der Waals surface area contributed by atoms with Gasteiger partial charge in [-0.25, -0.2) is 4.79 Å². The Morgan fingerprint density at radius 3 is 2.93 bits per heavy atom. The van der Waals surface area contributed by atoms with Crippen molar-refractivity contribution >= 4 is 23.4 Å². The zero-order valence-corrected chi connectivity index (χ0v) is 16.6. The maximum absolute atomic E-state index is 11.6. The molecule has 0 spiro atoms. The van der Waals surface area contributed by atoms with E-state index < -0.39 is 0 Å². The lowest BCUT2D eigenvalue weighted by Crippen LogP contribution is -2.31. The van der Waals surface area contributed by atoms with Gasteiger partial charge in [-0.05, 0) is 67.1 Å². The van der Waals surface area contributed by atoms with Crippen LogP contribution in [0.25, 0.3) is 0 Å². The van der Waals surface area contributed by atoms with Crippen LogP contribution in [0.1, 0.15) is 29.5 Å². The number of halogens is 1. The molecule has 1 aromatic heterocycles. The molecule has 2 N–H and O–H groups in total. The first-order valence-electron chi connectivity index (χ1n) is 9.84. The average Bonchev–Trinajstić information content (AvgIpc) is 2.87. The van der Waals surface area contributed by atoms with E-state index in [0.717, 1.165) is 55.9 Å². The predicted molar refractivity (Wildman–Crippen MR) is 110 cm³/mol. The van der Waals surface area contributed by atoms with E-state index in [1.807, 2.05) is 18.2 Å². The average molecular weight is 401 g/mol. The van der Waals surface area contributed by atoms with E-state index in [0.29, 0.717) is 24.8 Å². The Hall–Kier alpha value is -2.31. The molecular formula is C21H25ClN4O2. The Labute approximate surface area is 170 Å². The number of nitrogens with one attached hydrogen (secondary N) is 2. The molecular weight excluding hydrogens is 376 g/mol. The van der Waals surface area contributed by atoms with Gasteiger partial charge in [0.1, 0.15) is 5.82 Å². The van der Waals surface area contributed by atoms with Gasteiger partial charge in [0.05, 0.1) is 6.61 Å². The van der Waals surface area contributed by atoms with E-state index >= 15 is 0 Å². The van der Waals surface area contributed by atoms with Crippen LogP contribution in [0.15, 0.2) is 30.3 Å². The molecule has 0 saturated heterocycles. The Morgan fingerprint density at radius 2 is 2.00 bits per heavy atom. The molecule has 2 aliphatic rings. The molecule has 0 bridgehead atoms. The van der Waals surface area contributed by atoms with Crippen molar-refractivity contribution in [3.8, 4) is 5.88 Å². The van der Waals surface area contributed by atoms with Gasteiger partial charge in [0.15, 0.2) is 0 Å². The summed E-state index contributed by atoms with van der Waals surface area (Å²) in [5.41, 5.74) is 3.79. The molecule has 7 heteroatoms. The molecule has 6 nitrogen and oxygen atoms in total. The molecule has 28 heavy (non-hydrogen) atoms. The first-order chi connectivity index (χ1) is 13.7. The van der Waals surface area contributed by atoms with E-state index in [2.05, 4.69) is 32.7 Å². The lowest BCUT2D eigenvalue weighted by atomic mass is 10.00. The summed E-state index contributed by atoms with van der Waals surface area (Å²) in [7, 11) is 0. The fraction of sp³-hybridized carbons (Fsp3) is 0.429. The number of benzene rings is 1. The minimum Gasteiger partial charge on any atom is -0.478 e. The zero-order valence-electron chi connectivity index (χ0n) is 15.8. The summed E-state index contributed by atoms with van der Waals surface area (Å²) in [6.07, 6.45) is 3.88. The minimum absolute atomic E-state index is 0.214. The Kier molecular flexibility index (Phi) is 5.98. The lowest BCUT2D eigenvalue weighted by molar-refractivity contribution is 0.233. The van der Waals surface area contributed by atoms with Gasteiger partial charge in [-0.2, -0.15) is 4.98 Å². The quantitative estimate of drug-likeness (QED) is 0.726. The number of unbranched alkanes of at least 4 members (excludes halogenated alkanes) is 1. The molecule has 0 aliphatic carbocycles. The Morgan fingerprint density at radius 1 is 1.11 bits per heavy atom. The molecule has 148 valence electrons. The number of anilines is 1. The fourth-order valence-electron chi connectivity index (χ4n) is 3.71. The maximum Gasteiger partial charge on any atom is 0.320 e. The zero-order chi connectivity index (χ0) is 19.3. The first-order valence-corrected chi connectivity index (χ1v) is 10.2. The highest BCUT2D eigenvalue weighted by Gasteiger charge is 2.16. The first kappa shape index (κ1) is 19.0. The summed E-state index contributed by atoms with van der Waals surface area (Å²) in [6, 6.07) is 9.85. The molecule has 1 aromatic carbocycles. The van der Waals surface area contributed by atoms with Crippen LogP contribution in [0.5, 0.6) is 5.88 Å². The summed E-state index contributed by atoms with van der Waals surface area (Å²) in [4.78, 5) is 18.5. The predicted octanol–water partition coefficient (Wildman–Crippen LogP) is 3.63. The van der Waals surface area contributed by atoms with Crippen molar-refractivity contribution in [1.82, 2.24) is 15.2 Å². The van der Waals surface area contributed by atoms with Crippen LogP contribution in [0.2, 0.25) is 5.02 Å². The second kappa shape index (κ2) is 8.80. The number of ether oxygens (including phenoxy) is 1. The molecule has 0 radical (unpaired) electrons. The molecule has 0 fully saturated rings. The number of carbonyl (C=O) groups excluding carboxylic acids is 1. The number of hydrogen-bond donors (Lipinski definition) is 2. The third-order valence-corrected chi connectivity index (χ3v) is 5.48. The van der Waals surface area contributed by atoms with E-state index in [9.17, 15) is 4.79 Å². The second-order valence-corrected chi connectivity index (χ2v) is 7.72. The molecule has 0 unspecified atom stereocenters. The third kappa shape index (κ3) is 4.75. The van der Waals surface area contributed by atoms with Crippen molar-refractivity contribution in [2.75, 3.05) is 31.6 Å². The number of fused-ring (bicyclic) bond motifs is 2. The highest BCUT2D eigenvalue weighted by molar-refractivity contribution is 6.30. The van der Waals surface area contributed by atoms with Gasteiger partial charge in [0, 0.05) is 30.7 Å². The van der Waals surface area contributed by atoms with Gasteiger partial charge in [-0.15, -0.1) is 0 Å². The van der Waals surface area contributed by atoms with Crippen LogP contribution >= 0.6 is 11.6 Å². The van der Waals surface area contributed by atoms with Gasteiger partial charge in [0.2, 0.25) is 5.88 Å². The van der Waals surface area contributed by atoms with Crippen LogP contribution in [0.3, 0.4) is 0 Å². The number of urea groups is 1. The van der Waals surface area contributed by atoms with Crippen molar-refractivity contribution < 1.29 is 9.53 Å². The monoisotopic (exact) mass is 400 g/mol. The summed E-state index contributed by atoms with van der Waals surface area (Å²) in [6.45, 7) is 4.37. The van der Waals surface area contributed by atoms with Crippen molar-refractivity contribution in [3.63, 3.8) is 0 Å². The molecule has 2 aliphatic heterocycles. The number of amides is 2. The topological polar surface area (TPSA) is 66.5 Å². The SMILES string of the molecule is O=C1NCCc2ccc(OCCCCN3CCc4cc(Cl)ccc4C3)nc2N1. The number of aromatic nitrogens is 1. The number of pyridine rings is 1. The van der Waals surface area contributed by atoms with Crippen LogP contribution in [0.4, 0.5) is 10.6 Å². The summed E-state index contributed by atoms with van der Waals surface area (Å²) >= 11 is 6.08. The molecule has 2 amide bonds. The van der Waals surface area contributed by atoms with Crippen LogP contribution in [-0.4, -0.2) is 42.2 Å². The third-order valence-electron chi connectivity index (χ3n) is 5.24. The largest absolute Gasteiger partial charge is 0.478 e. The Balaban J connectivity index is 1.20. The molecule has 0 atom stereocenters. The van der Waals surface area contributed by atoms with E-state index in [1.165, 1.54) is 11.1 Å². The summed E-state index contributed by atoms with van der Waals surface area (Å²) in [5, 5.41) is 6.36. The molecule has 4 rings (SSSR count). The van der Waals surface area contributed by atoms with E-state index in [1.54, 1.807) is 0 Å². The fourth-order valence-corrected chi connectivity index (χ4v) is 3.90. The van der Waals surface area contributed by atoms with Crippen LogP contribution < -0.4 is 15.4 Å². The van der Waals surface area contributed by atoms with E-state index in [4.69, 9.17) is 16.3 Å². The van der Waals surface area contributed by atoms with Crippen molar-refractivity contribution in [3.05, 3.63) is 52.0 Å². The minimum atomic E-state index is -0.214. The van der Waals surface area contributed by atoms with Gasteiger partial charge >= 0.3 is 6.03 Å². The second-order valence-electron chi connectivity index (χ2n) is 7.28. The molecule has 3 heterocycles. The number of nitrogens with zero attached hydrogens (tertiary/aromatic N) is 2. The highest BCUT2D eigenvalue weighted by Crippen LogP contribution is 2.23. The summed E-state index contributed by atoms with van der Waals surface area (Å²) < 4.78 is 5.79. The molecule has 0 saturated carbocycles. The van der Waals surface area contributed by atoms with Crippen LogP contribution in [0, 0.1) is 0 Å². The van der Waals surface area contributed by atoms with Crippen molar-refractivity contribution in [2.24, 2.45) is 0 Å². The van der Waals surface area contributed by atoms with Gasteiger partial charge < -0.3 is 10.1 Å². The normalized spacial score (nSPS) is 16.4.